The van der Waals surface area contributed by atoms with E-state index in [2.05, 4.69) is 15.5 Å². The van der Waals surface area contributed by atoms with Crippen molar-refractivity contribution in [1.82, 2.24) is 20.4 Å². The number of amides is 4. The van der Waals surface area contributed by atoms with Crippen molar-refractivity contribution in [3.8, 4) is 0 Å². The van der Waals surface area contributed by atoms with Crippen LogP contribution in [0, 0.1) is 0 Å². The van der Waals surface area contributed by atoms with Gasteiger partial charge in [0, 0.05) is 6.54 Å². The Morgan fingerprint density at radius 3 is 2.74 bits per heavy atom. The third kappa shape index (κ3) is 3.40. The number of carbonyl (C=O) groups excluding carboxylic acids is 3. The fourth-order valence-corrected chi connectivity index (χ4v) is 5.09. The van der Waals surface area contributed by atoms with Crippen LogP contribution in [-0.2, 0) is 21.5 Å². The van der Waals surface area contributed by atoms with E-state index in [9.17, 15) is 14.4 Å². The van der Waals surface area contributed by atoms with Crippen LogP contribution in [-0.4, -0.2) is 53.8 Å². The van der Waals surface area contributed by atoms with E-state index in [0.717, 1.165) is 54.1 Å². The lowest BCUT2D eigenvalue weighted by molar-refractivity contribution is -0.135. The van der Waals surface area contributed by atoms with E-state index in [1.165, 1.54) is 0 Å². The van der Waals surface area contributed by atoms with Gasteiger partial charge in [0.15, 0.2) is 0 Å². The molecule has 2 aromatic rings. The zero-order chi connectivity index (χ0) is 21.4. The molecule has 31 heavy (non-hydrogen) atoms. The van der Waals surface area contributed by atoms with Crippen LogP contribution in [0.1, 0.15) is 42.2 Å². The Morgan fingerprint density at radius 1 is 1.16 bits per heavy atom. The van der Waals surface area contributed by atoms with E-state index < -0.39 is 11.6 Å². The number of furan rings is 1. The van der Waals surface area contributed by atoms with Gasteiger partial charge in [0.25, 0.3) is 5.91 Å². The Balaban J connectivity index is 1.25. The van der Waals surface area contributed by atoms with Gasteiger partial charge in [0.1, 0.15) is 17.8 Å². The van der Waals surface area contributed by atoms with Crippen molar-refractivity contribution in [1.29, 1.82) is 0 Å². The van der Waals surface area contributed by atoms with Crippen LogP contribution in [0.15, 0.2) is 47.1 Å². The molecule has 0 bridgehead atoms. The summed E-state index contributed by atoms with van der Waals surface area (Å²) in [4.78, 5) is 41.8. The van der Waals surface area contributed by atoms with Crippen LogP contribution in [0.2, 0.25) is 0 Å². The average Bonchev–Trinajstić information content (AvgIpc) is 3.56. The molecule has 8 nitrogen and oxygen atoms in total. The summed E-state index contributed by atoms with van der Waals surface area (Å²) in [5, 5.41) is 5.76. The second-order valence-corrected chi connectivity index (χ2v) is 8.46. The molecule has 1 aromatic carbocycles. The number of hydrogen-bond acceptors (Lipinski definition) is 5. The number of hydrogen-bond donors (Lipinski definition) is 2. The standard InChI is InChI=1S/C23H26N4O4/c28-20(24-14-18(19-8-5-13-31-19)26-11-3-4-12-26)15-27-21(29)23(25-22(27)30)10-9-16-6-1-2-7-17(16)23/h1-2,5-8,13,18H,3-4,9-12,14-15H2,(H,24,28)(H,25,30). The quantitative estimate of drug-likeness (QED) is 0.694. The topological polar surface area (TPSA) is 94.9 Å². The van der Waals surface area contributed by atoms with Gasteiger partial charge in [0.05, 0.1) is 12.3 Å². The van der Waals surface area contributed by atoms with E-state index in [-0.39, 0.29) is 24.4 Å². The predicted octanol–water partition coefficient (Wildman–Crippen LogP) is 1.93. The Labute approximate surface area is 180 Å². The predicted molar refractivity (Wildman–Crippen MR) is 112 cm³/mol. The van der Waals surface area contributed by atoms with E-state index >= 15 is 0 Å². The van der Waals surface area contributed by atoms with Crippen molar-refractivity contribution in [3.05, 3.63) is 59.5 Å². The van der Waals surface area contributed by atoms with E-state index in [0.29, 0.717) is 13.0 Å². The summed E-state index contributed by atoms with van der Waals surface area (Å²) >= 11 is 0. The average molecular weight is 422 g/mol. The van der Waals surface area contributed by atoms with Crippen LogP contribution in [0.25, 0.3) is 0 Å². The molecule has 4 amide bonds. The molecule has 162 valence electrons. The maximum Gasteiger partial charge on any atom is 0.325 e. The fourth-order valence-electron chi connectivity index (χ4n) is 5.09. The molecule has 1 spiro atoms. The Kier molecular flexibility index (Phi) is 5.02. The Morgan fingerprint density at radius 2 is 1.97 bits per heavy atom. The second-order valence-electron chi connectivity index (χ2n) is 8.46. The SMILES string of the molecule is O=C(CN1C(=O)NC2(CCc3ccccc32)C1=O)NCC(c1ccco1)N1CCCC1. The van der Waals surface area contributed by atoms with Gasteiger partial charge in [-0.2, -0.15) is 0 Å². The maximum atomic E-state index is 13.2. The van der Waals surface area contributed by atoms with Gasteiger partial charge in [-0.05, 0) is 62.0 Å². The minimum atomic E-state index is -1.04. The molecule has 1 aliphatic carbocycles. The maximum absolute atomic E-state index is 13.2. The lowest BCUT2D eigenvalue weighted by atomic mass is 9.92. The van der Waals surface area contributed by atoms with E-state index in [1.807, 2.05) is 36.4 Å². The molecule has 2 atom stereocenters. The molecule has 3 aliphatic rings. The molecular formula is C23H26N4O4. The highest BCUT2D eigenvalue weighted by molar-refractivity contribution is 6.09. The fraction of sp³-hybridized carbons (Fsp3) is 0.435. The number of carbonyl (C=O) groups is 3. The highest BCUT2D eigenvalue weighted by Crippen LogP contribution is 2.41. The smallest absolute Gasteiger partial charge is 0.325 e. The van der Waals surface area contributed by atoms with Crippen molar-refractivity contribution >= 4 is 17.8 Å². The summed E-state index contributed by atoms with van der Waals surface area (Å²) < 4.78 is 5.58. The molecular weight excluding hydrogens is 396 g/mol. The van der Waals surface area contributed by atoms with Gasteiger partial charge >= 0.3 is 6.03 Å². The lowest BCUT2D eigenvalue weighted by Gasteiger charge is -2.26. The summed E-state index contributed by atoms with van der Waals surface area (Å²) in [6, 6.07) is 10.8. The number of rotatable bonds is 6. The highest BCUT2D eigenvalue weighted by atomic mass is 16.3. The molecule has 5 rings (SSSR count). The van der Waals surface area contributed by atoms with Gasteiger partial charge in [0.2, 0.25) is 5.91 Å². The summed E-state index contributed by atoms with van der Waals surface area (Å²) in [5.41, 5.74) is 0.859. The monoisotopic (exact) mass is 422 g/mol. The van der Waals surface area contributed by atoms with Gasteiger partial charge in [-0.1, -0.05) is 24.3 Å². The van der Waals surface area contributed by atoms with Crippen molar-refractivity contribution in [2.75, 3.05) is 26.2 Å². The summed E-state index contributed by atoms with van der Waals surface area (Å²) in [6.07, 6.45) is 5.12. The molecule has 0 saturated carbocycles. The van der Waals surface area contributed by atoms with E-state index in [1.54, 1.807) is 6.26 Å². The van der Waals surface area contributed by atoms with Gasteiger partial charge in [-0.3, -0.25) is 19.4 Å². The van der Waals surface area contributed by atoms with Crippen molar-refractivity contribution in [2.24, 2.45) is 0 Å². The number of nitrogens with one attached hydrogen (secondary N) is 2. The number of aryl methyl sites for hydroxylation is 1. The molecule has 2 unspecified atom stereocenters. The summed E-state index contributed by atoms with van der Waals surface area (Å²) in [5.74, 6) is 0.0982. The molecule has 1 aromatic heterocycles. The molecule has 2 aliphatic heterocycles. The number of benzene rings is 1. The molecule has 0 radical (unpaired) electrons. The van der Waals surface area contributed by atoms with Crippen LogP contribution in [0.5, 0.6) is 0 Å². The first-order valence-electron chi connectivity index (χ1n) is 10.9. The minimum absolute atomic E-state index is 0.0578. The first-order valence-corrected chi connectivity index (χ1v) is 10.9. The van der Waals surface area contributed by atoms with Gasteiger partial charge in [-0.15, -0.1) is 0 Å². The zero-order valence-electron chi connectivity index (χ0n) is 17.3. The van der Waals surface area contributed by atoms with Crippen LogP contribution < -0.4 is 10.6 Å². The number of nitrogens with zero attached hydrogens (tertiary/aromatic N) is 2. The summed E-state index contributed by atoms with van der Waals surface area (Å²) in [6.45, 7) is 1.98. The van der Waals surface area contributed by atoms with Crippen LogP contribution >= 0.6 is 0 Å². The van der Waals surface area contributed by atoms with Crippen molar-refractivity contribution in [2.45, 2.75) is 37.3 Å². The Hall–Kier alpha value is -3.13. The van der Waals surface area contributed by atoms with Crippen LogP contribution in [0.4, 0.5) is 4.79 Å². The first kappa shape index (κ1) is 19.8. The Bertz CT molecular complexity index is 999. The normalized spacial score (nSPS) is 23.9. The van der Waals surface area contributed by atoms with Crippen LogP contribution in [0.3, 0.4) is 0 Å². The number of likely N-dealkylation sites (tertiary alicyclic amines) is 1. The number of fused-ring (bicyclic) bond motifs is 2. The van der Waals surface area contributed by atoms with E-state index in [4.69, 9.17) is 4.42 Å². The highest BCUT2D eigenvalue weighted by Gasteiger charge is 2.55. The number of urea groups is 1. The third-order valence-corrected chi connectivity index (χ3v) is 6.67. The third-order valence-electron chi connectivity index (χ3n) is 6.67. The van der Waals surface area contributed by atoms with Crippen molar-refractivity contribution < 1.29 is 18.8 Å². The lowest BCUT2D eigenvalue weighted by Crippen LogP contribution is -2.45. The molecule has 8 heteroatoms. The van der Waals surface area contributed by atoms with Gasteiger partial charge < -0.3 is 15.1 Å². The molecule has 2 saturated heterocycles. The number of imide groups is 1. The summed E-state index contributed by atoms with van der Waals surface area (Å²) in [7, 11) is 0. The largest absolute Gasteiger partial charge is 0.468 e. The molecule has 2 N–H and O–H groups in total. The van der Waals surface area contributed by atoms with Crippen molar-refractivity contribution in [3.63, 3.8) is 0 Å². The minimum Gasteiger partial charge on any atom is -0.468 e. The zero-order valence-corrected chi connectivity index (χ0v) is 17.3. The van der Waals surface area contributed by atoms with Gasteiger partial charge in [-0.25, -0.2) is 4.79 Å². The molecule has 2 fully saturated rings. The molecule has 3 heterocycles. The second kappa shape index (κ2) is 7.85. The first-order chi connectivity index (χ1) is 15.1.